The SMILES string of the molecule is CCOc1ccccc1-n1c(SCC(=O)Nc2ccccc2Cl)nnc1-c1ccc(O)cc1. The van der Waals surface area contributed by atoms with Crippen molar-refractivity contribution >= 4 is 35.0 Å². The molecule has 33 heavy (non-hydrogen) atoms. The number of amides is 1. The fraction of sp³-hybridized carbons (Fsp3) is 0.125. The van der Waals surface area contributed by atoms with Gasteiger partial charge >= 0.3 is 0 Å². The molecule has 1 amide bonds. The molecule has 0 bridgehead atoms. The van der Waals surface area contributed by atoms with E-state index in [1.165, 1.54) is 11.8 Å². The third kappa shape index (κ3) is 5.30. The summed E-state index contributed by atoms with van der Waals surface area (Å²) in [5.74, 6) is 1.28. The number of rotatable bonds is 8. The molecule has 1 aromatic heterocycles. The van der Waals surface area contributed by atoms with E-state index in [-0.39, 0.29) is 17.4 Å². The van der Waals surface area contributed by atoms with Crippen molar-refractivity contribution in [3.63, 3.8) is 0 Å². The third-order valence-electron chi connectivity index (χ3n) is 4.65. The van der Waals surface area contributed by atoms with Crippen LogP contribution in [0.4, 0.5) is 5.69 Å². The van der Waals surface area contributed by atoms with Gasteiger partial charge in [0.25, 0.3) is 0 Å². The maximum absolute atomic E-state index is 12.6. The molecule has 0 aliphatic heterocycles. The normalized spacial score (nSPS) is 10.7. The molecular weight excluding hydrogens is 460 g/mol. The van der Waals surface area contributed by atoms with E-state index in [0.717, 1.165) is 11.3 Å². The van der Waals surface area contributed by atoms with Crippen molar-refractivity contribution in [3.05, 3.63) is 77.8 Å². The molecule has 7 nitrogen and oxygen atoms in total. The summed E-state index contributed by atoms with van der Waals surface area (Å²) < 4.78 is 7.68. The van der Waals surface area contributed by atoms with Crippen molar-refractivity contribution in [1.82, 2.24) is 14.8 Å². The number of phenols is 1. The van der Waals surface area contributed by atoms with E-state index in [0.29, 0.717) is 34.0 Å². The highest BCUT2D eigenvalue weighted by Crippen LogP contribution is 2.33. The number of carbonyl (C=O) groups is 1. The Balaban J connectivity index is 1.66. The average Bonchev–Trinajstić information content (AvgIpc) is 3.24. The number of para-hydroxylation sites is 3. The lowest BCUT2D eigenvalue weighted by Gasteiger charge is -2.15. The van der Waals surface area contributed by atoms with E-state index in [1.54, 1.807) is 48.5 Å². The number of aromatic hydroxyl groups is 1. The second-order valence-electron chi connectivity index (χ2n) is 6.91. The molecule has 0 atom stereocenters. The molecule has 4 aromatic rings. The second-order valence-corrected chi connectivity index (χ2v) is 8.26. The fourth-order valence-corrected chi connectivity index (χ4v) is 4.10. The quantitative estimate of drug-likeness (QED) is 0.327. The number of aromatic nitrogens is 3. The van der Waals surface area contributed by atoms with Crippen LogP contribution in [0.5, 0.6) is 11.5 Å². The number of hydrogen-bond donors (Lipinski definition) is 2. The third-order valence-corrected chi connectivity index (χ3v) is 5.90. The highest BCUT2D eigenvalue weighted by Gasteiger charge is 2.20. The van der Waals surface area contributed by atoms with Crippen LogP contribution in [0.25, 0.3) is 17.1 Å². The lowest BCUT2D eigenvalue weighted by molar-refractivity contribution is -0.113. The van der Waals surface area contributed by atoms with E-state index in [2.05, 4.69) is 15.5 Å². The molecule has 0 unspecified atom stereocenters. The summed E-state index contributed by atoms with van der Waals surface area (Å²) in [6.45, 7) is 2.41. The molecule has 2 N–H and O–H groups in total. The number of anilines is 1. The average molecular weight is 481 g/mol. The van der Waals surface area contributed by atoms with E-state index in [9.17, 15) is 9.90 Å². The number of nitrogens with one attached hydrogen (secondary N) is 1. The molecular formula is C24H21ClN4O3S. The Kier molecular flexibility index (Phi) is 7.16. The number of halogens is 1. The number of benzene rings is 3. The molecule has 0 radical (unpaired) electrons. The van der Waals surface area contributed by atoms with E-state index < -0.39 is 0 Å². The van der Waals surface area contributed by atoms with E-state index in [4.69, 9.17) is 16.3 Å². The van der Waals surface area contributed by atoms with E-state index >= 15 is 0 Å². The summed E-state index contributed by atoms with van der Waals surface area (Å²) in [7, 11) is 0. The molecule has 3 aromatic carbocycles. The Morgan fingerprint density at radius 2 is 1.79 bits per heavy atom. The topological polar surface area (TPSA) is 89.3 Å². The first-order valence-electron chi connectivity index (χ1n) is 10.2. The first-order chi connectivity index (χ1) is 16.1. The molecule has 9 heteroatoms. The van der Waals surface area contributed by atoms with Crippen molar-refractivity contribution in [2.24, 2.45) is 0 Å². The Labute approximate surface area is 200 Å². The van der Waals surface area contributed by atoms with Gasteiger partial charge in [0, 0.05) is 5.56 Å². The molecule has 4 rings (SSSR count). The number of phenolic OH excluding ortho intramolecular Hbond substituents is 1. The minimum absolute atomic E-state index is 0.107. The van der Waals surface area contributed by atoms with Crippen LogP contribution in [-0.2, 0) is 4.79 Å². The first-order valence-corrected chi connectivity index (χ1v) is 11.6. The summed E-state index contributed by atoms with van der Waals surface area (Å²) in [6, 6.07) is 21.3. The minimum atomic E-state index is -0.216. The summed E-state index contributed by atoms with van der Waals surface area (Å²) in [4.78, 5) is 12.6. The van der Waals surface area contributed by atoms with Crippen molar-refractivity contribution < 1.29 is 14.6 Å². The summed E-state index contributed by atoms with van der Waals surface area (Å²) in [6.07, 6.45) is 0. The van der Waals surface area contributed by atoms with Gasteiger partial charge in [0.05, 0.1) is 28.8 Å². The Morgan fingerprint density at radius 1 is 1.06 bits per heavy atom. The number of nitrogens with zero attached hydrogens (tertiary/aromatic N) is 3. The van der Waals surface area contributed by atoms with Gasteiger partial charge in [0.15, 0.2) is 11.0 Å². The van der Waals surface area contributed by atoms with Gasteiger partial charge in [-0.2, -0.15) is 0 Å². The molecule has 168 valence electrons. The van der Waals surface area contributed by atoms with Gasteiger partial charge in [0.1, 0.15) is 11.5 Å². The number of thioether (sulfide) groups is 1. The number of ether oxygens (including phenoxy) is 1. The van der Waals surface area contributed by atoms with Crippen LogP contribution >= 0.6 is 23.4 Å². The van der Waals surface area contributed by atoms with Crippen LogP contribution < -0.4 is 10.1 Å². The van der Waals surface area contributed by atoms with Crippen molar-refractivity contribution in [2.75, 3.05) is 17.7 Å². The minimum Gasteiger partial charge on any atom is -0.508 e. The van der Waals surface area contributed by atoms with Gasteiger partial charge in [-0.15, -0.1) is 10.2 Å². The summed E-state index contributed by atoms with van der Waals surface area (Å²) in [5.41, 5.74) is 2.07. The van der Waals surface area contributed by atoms with Crippen molar-refractivity contribution in [3.8, 4) is 28.6 Å². The van der Waals surface area contributed by atoms with Crippen molar-refractivity contribution in [2.45, 2.75) is 12.1 Å². The van der Waals surface area contributed by atoms with E-state index in [1.807, 2.05) is 35.8 Å². The van der Waals surface area contributed by atoms with Gasteiger partial charge in [-0.25, -0.2) is 0 Å². The standard InChI is InChI=1S/C24H21ClN4O3S/c1-2-32-21-10-6-5-9-20(21)29-23(16-11-13-17(30)14-12-16)27-28-24(29)33-15-22(31)26-19-8-4-3-7-18(19)25/h3-14,30H,2,15H2,1H3,(H,26,31). The van der Waals surface area contributed by atoms with Gasteiger partial charge in [0.2, 0.25) is 5.91 Å². The zero-order chi connectivity index (χ0) is 23.2. The monoisotopic (exact) mass is 480 g/mol. The number of hydrogen-bond acceptors (Lipinski definition) is 6. The lowest BCUT2D eigenvalue weighted by Crippen LogP contribution is -2.15. The molecule has 0 saturated heterocycles. The van der Waals surface area contributed by atoms with Gasteiger partial charge < -0.3 is 15.2 Å². The van der Waals surface area contributed by atoms with Gasteiger partial charge in [-0.3, -0.25) is 9.36 Å². The molecule has 0 saturated carbocycles. The smallest absolute Gasteiger partial charge is 0.234 e. The molecule has 0 aliphatic carbocycles. The largest absolute Gasteiger partial charge is 0.508 e. The molecule has 1 heterocycles. The first kappa shape index (κ1) is 22.7. The lowest BCUT2D eigenvalue weighted by atomic mass is 10.2. The second kappa shape index (κ2) is 10.4. The predicted molar refractivity (Wildman–Crippen MR) is 130 cm³/mol. The highest BCUT2D eigenvalue weighted by atomic mass is 35.5. The van der Waals surface area contributed by atoms with Gasteiger partial charge in [-0.1, -0.05) is 47.6 Å². The summed E-state index contributed by atoms with van der Waals surface area (Å²) >= 11 is 7.39. The predicted octanol–water partition coefficient (Wildman–Crippen LogP) is 5.42. The van der Waals surface area contributed by atoms with Crippen LogP contribution in [0.1, 0.15) is 6.92 Å². The maximum atomic E-state index is 12.6. The zero-order valence-corrected chi connectivity index (χ0v) is 19.3. The molecule has 0 spiro atoms. The van der Waals surface area contributed by atoms with Crippen LogP contribution in [0.2, 0.25) is 5.02 Å². The Hall–Kier alpha value is -3.49. The van der Waals surface area contributed by atoms with Crippen LogP contribution in [0.15, 0.2) is 78.0 Å². The van der Waals surface area contributed by atoms with Crippen molar-refractivity contribution in [1.29, 1.82) is 0 Å². The molecule has 0 aliphatic rings. The Bertz CT molecular complexity index is 1260. The Morgan fingerprint density at radius 3 is 2.55 bits per heavy atom. The zero-order valence-electron chi connectivity index (χ0n) is 17.7. The summed E-state index contributed by atoms with van der Waals surface area (Å²) in [5, 5.41) is 22.2. The fourth-order valence-electron chi connectivity index (χ4n) is 3.18. The van der Waals surface area contributed by atoms with Crippen LogP contribution in [0, 0.1) is 0 Å². The highest BCUT2D eigenvalue weighted by molar-refractivity contribution is 7.99. The maximum Gasteiger partial charge on any atom is 0.234 e. The van der Waals surface area contributed by atoms with Crippen LogP contribution in [-0.4, -0.2) is 38.1 Å². The van der Waals surface area contributed by atoms with Crippen LogP contribution in [0.3, 0.4) is 0 Å². The van der Waals surface area contributed by atoms with Gasteiger partial charge in [-0.05, 0) is 55.5 Å². The molecule has 0 fully saturated rings. The number of carbonyl (C=O) groups excluding carboxylic acids is 1.